The Hall–Kier alpha value is 0.820. The summed E-state index contributed by atoms with van der Waals surface area (Å²) >= 11 is 4.06. The van der Waals surface area contributed by atoms with Crippen molar-refractivity contribution in [3.63, 3.8) is 0 Å². The van der Waals surface area contributed by atoms with Crippen LogP contribution >= 0.6 is 12.6 Å². The van der Waals surface area contributed by atoms with Gasteiger partial charge in [0, 0.05) is 29.6 Å². The van der Waals surface area contributed by atoms with E-state index >= 15 is 0 Å². The summed E-state index contributed by atoms with van der Waals surface area (Å²) in [4.78, 5) is 10.8. The largest absolute Gasteiger partial charge is 0.465 e. The molecule has 0 spiro atoms. The standard InChI is InChI=1S/C7H14O2S.Na/c1-3-5-6(10)7(8)9-4-2;/h6,10H,3-5H2,1-2H3;. The summed E-state index contributed by atoms with van der Waals surface area (Å²) in [6.07, 6.45) is 1.76. The van der Waals surface area contributed by atoms with Gasteiger partial charge in [-0.15, -0.1) is 0 Å². The molecule has 0 aliphatic heterocycles. The summed E-state index contributed by atoms with van der Waals surface area (Å²) in [5.74, 6) is -0.201. The molecule has 0 amide bonds. The van der Waals surface area contributed by atoms with Crippen LogP contribution in [0.15, 0.2) is 0 Å². The van der Waals surface area contributed by atoms with Crippen molar-refractivity contribution in [2.75, 3.05) is 6.61 Å². The zero-order chi connectivity index (χ0) is 7.98. The van der Waals surface area contributed by atoms with Gasteiger partial charge in [0.1, 0.15) is 0 Å². The number of hydrogen-bond donors (Lipinski definition) is 1. The number of ether oxygens (including phenoxy) is 1. The Bertz CT molecular complexity index is 109. The van der Waals surface area contributed by atoms with Gasteiger partial charge in [-0.25, -0.2) is 0 Å². The number of hydrogen-bond acceptors (Lipinski definition) is 3. The van der Waals surface area contributed by atoms with Crippen molar-refractivity contribution in [3.05, 3.63) is 0 Å². The molecule has 11 heavy (non-hydrogen) atoms. The monoisotopic (exact) mass is 185 g/mol. The van der Waals surface area contributed by atoms with Crippen LogP contribution in [0.5, 0.6) is 0 Å². The molecular weight excluding hydrogens is 171 g/mol. The number of rotatable bonds is 4. The molecule has 0 saturated carbocycles. The summed E-state index contributed by atoms with van der Waals surface area (Å²) in [6, 6.07) is 0. The SMILES string of the molecule is CCCC(S)C(=O)OCC.[Na]. The molecule has 2 nitrogen and oxygen atoms in total. The predicted molar refractivity (Wildman–Crippen MR) is 50.1 cm³/mol. The Balaban J connectivity index is 0. The van der Waals surface area contributed by atoms with Gasteiger partial charge in [-0.05, 0) is 13.3 Å². The van der Waals surface area contributed by atoms with E-state index in [1.807, 2.05) is 6.92 Å². The normalized spacial score (nSPS) is 11.5. The molecule has 0 aromatic rings. The molecule has 0 N–H and O–H groups in total. The van der Waals surface area contributed by atoms with Crippen molar-refractivity contribution in [2.45, 2.75) is 31.9 Å². The molecule has 1 radical (unpaired) electrons. The van der Waals surface area contributed by atoms with Crippen LogP contribution in [0.3, 0.4) is 0 Å². The van der Waals surface area contributed by atoms with Crippen molar-refractivity contribution >= 4 is 48.2 Å². The molecule has 61 valence electrons. The maximum Gasteiger partial charge on any atom is 0.318 e. The summed E-state index contributed by atoms with van der Waals surface area (Å²) in [5.41, 5.74) is 0. The van der Waals surface area contributed by atoms with Crippen LogP contribution in [0.2, 0.25) is 0 Å². The topological polar surface area (TPSA) is 26.3 Å². The van der Waals surface area contributed by atoms with Gasteiger partial charge in [0.2, 0.25) is 0 Å². The molecule has 0 fully saturated rings. The third-order valence-corrected chi connectivity index (χ3v) is 1.59. The smallest absolute Gasteiger partial charge is 0.318 e. The van der Waals surface area contributed by atoms with Crippen LogP contribution < -0.4 is 0 Å². The quantitative estimate of drug-likeness (QED) is 0.405. The molecule has 1 unspecified atom stereocenters. The maximum absolute atomic E-state index is 10.8. The molecule has 0 aromatic heterocycles. The van der Waals surface area contributed by atoms with E-state index in [4.69, 9.17) is 4.74 Å². The molecule has 0 aliphatic carbocycles. The Morgan fingerprint density at radius 2 is 2.09 bits per heavy atom. The van der Waals surface area contributed by atoms with Crippen LogP contribution in [0.25, 0.3) is 0 Å². The zero-order valence-electron chi connectivity index (χ0n) is 7.46. The first kappa shape index (κ1) is 14.3. The van der Waals surface area contributed by atoms with Crippen LogP contribution in [-0.4, -0.2) is 47.4 Å². The Kier molecular flexibility index (Phi) is 11.6. The van der Waals surface area contributed by atoms with E-state index in [9.17, 15) is 4.79 Å². The van der Waals surface area contributed by atoms with E-state index in [0.717, 1.165) is 12.8 Å². The van der Waals surface area contributed by atoms with E-state index in [2.05, 4.69) is 12.6 Å². The average Bonchev–Trinajstić information content (AvgIpc) is 1.89. The van der Waals surface area contributed by atoms with Crippen molar-refractivity contribution in [2.24, 2.45) is 0 Å². The molecule has 0 saturated heterocycles. The summed E-state index contributed by atoms with van der Waals surface area (Å²) < 4.78 is 4.74. The average molecular weight is 185 g/mol. The fraction of sp³-hybridized carbons (Fsp3) is 0.857. The Labute approximate surface area is 95.8 Å². The molecule has 4 heteroatoms. The predicted octanol–water partition coefficient (Wildman–Crippen LogP) is 1.27. The van der Waals surface area contributed by atoms with Gasteiger partial charge >= 0.3 is 5.97 Å². The molecule has 0 bridgehead atoms. The van der Waals surface area contributed by atoms with E-state index in [0.29, 0.717) is 6.61 Å². The van der Waals surface area contributed by atoms with Crippen molar-refractivity contribution in [1.29, 1.82) is 0 Å². The second-order valence-electron chi connectivity index (χ2n) is 2.06. The first-order valence-corrected chi connectivity index (χ1v) is 4.08. The van der Waals surface area contributed by atoms with Gasteiger partial charge in [-0.3, -0.25) is 4.79 Å². The zero-order valence-corrected chi connectivity index (χ0v) is 10.4. The summed E-state index contributed by atoms with van der Waals surface area (Å²) in [5, 5.41) is -0.232. The van der Waals surface area contributed by atoms with Gasteiger partial charge in [0.25, 0.3) is 0 Å². The first-order chi connectivity index (χ1) is 4.72. The minimum absolute atomic E-state index is 0. The van der Waals surface area contributed by atoms with Crippen molar-refractivity contribution < 1.29 is 9.53 Å². The fourth-order valence-electron chi connectivity index (χ4n) is 0.630. The van der Waals surface area contributed by atoms with Crippen LogP contribution in [-0.2, 0) is 9.53 Å². The molecule has 1 atom stereocenters. The van der Waals surface area contributed by atoms with Gasteiger partial charge in [0.15, 0.2) is 0 Å². The molecule has 0 heterocycles. The number of carbonyl (C=O) groups is 1. The van der Waals surface area contributed by atoms with Crippen molar-refractivity contribution in [1.82, 2.24) is 0 Å². The molecule has 0 aliphatic rings. The van der Waals surface area contributed by atoms with Gasteiger partial charge < -0.3 is 4.74 Å². The third kappa shape index (κ3) is 7.19. The van der Waals surface area contributed by atoms with Crippen molar-refractivity contribution in [3.8, 4) is 0 Å². The summed E-state index contributed by atoms with van der Waals surface area (Å²) in [6.45, 7) is 4.26. The first-order valence-electron chi connectivity index (χ1n) is 3.57. The second kappa shape index (κ2) is 8.91. The van der Waals surface area contributed by atoms with Gasteiger partial charge in [-0.1, -0.05) is 13.3 Å². The van der Waals surface area contributed by atoms with E-state index in [-0.39, 0.29) is 40.8 Å². The van der Waals surface area contributed by atoms with E-state index in [1.54, 1.807) is 6.92 Å². The molecular formula is C7H14NaO2S. The second-order valence-corrected chi connectivity index (χ2v) is 2.68. The number of carbonyl (C=O) groups excluding carboxylic acids is 1. The van der Waals surface area contributed by atoms with Gasteiger partial charge in [0.05, 0.1) is 11.9 Å². The minimum atomic E-state index is -0.232. The molecule has 0 aromatic carbocycles. The maximum atomic E-state index is 10.8. The summed E-state index contributed by atoms with van der Waals surface area (Å²) in [7, 11) is 0. The van der Waals surface area contributed by atoms with Crippen LogP contribution in [0.1, 0.15) is 26.7 Å². The van der Waals surface area contributed by atoms with Crippen LogP contribution in [0.4, 0.5) is 0 Å². The Morgan fingerprint density at radius 1 is 1.55 bits per heavy atom. The van der Waals surface area contributed by atoms with E-state index in [1.165, 1.54) is 0 Å². The van der Waals surface area contributed by atoms with Crippen LogP contribution in [0, 0.1) is 0 Å². The Morgan fingerprint density at radius 3 is 2.45 bits per heavy atom. The number of esters is 1. The fourth-order valence-corrected chi connectivity index (χ4v) is 0.962. The third-order valence-electron chi connectivity index (χ3n) is 1.12. The van der Waals surface area contributed by atoms with E-state index < -0.39 is 0 Å². The number of thiol groups is 1. The minimum Gasteiger partial charge on any atom is -0.465 e. The van der Waals surface area contributed by atoms with Gasteiger partial charge in [-0.2, -0.15) is 12.6 Å². The molecule has 0 rings (SSSR count).